The molecular formula is C16H15IN2O. The smallest absolute Gasteiger partial charge is 0.145 e. The van der Waals surface area contributed by atoms with Crippen molar-refractivity contribution in [1.82, 2.24) is 5.32 Å². The van der Waals surface area contributed by atoms with Crippen LogP contribution >= 0.6 is 22.6 Å². The fourth-order valence-electron chi connectivity index (χ4n) is 1.79. The number of benzene rings is 2. The van der Waals surface area contributed by atoms with Crippen LogP contribution in [-0.2, 0) is 6.54 Å². The Morgan fingerprint density at radius 2 is 2.10 bits per heavy atom. The first-order valence-electron chi connectivity index (χ1n) is 6.40. The van der Waals surface area contributed by atoms with Gasteiger partial charge in [-0.1, -0.05) is 19.1 Å². The molecule has 2 rings (SSSR count). The summed E-state index contributed by atoms with van der Waals surface area (Å²) in [5.74, 6) is 1.34. The van der Waals surface area contributed by atoms with Crippen LogP contribution in [0.2, 0.25) is 0 Å². The zero-order chi connectivity index (χ0) is 14.4. The van der Waals surface area contributed by atoms with Gasteiger partial charge in [-0.3, -0.25) is 0 Å². The maximum Gasteiger partial charge on any atom is 0.145 e. The number of halogens is 1. The quantitative estimate of drug-likeness (QED) is 0.798. The van der Waals surface area contributed by atoms with Gasteiger partial charge in [0, 0.05) is 10.1 Å². The summed E-state index contributed by atoms with van der Waals surface area (Å²) in [7, 11) is 0. The summed E-state index contributed by atoms with van der Waals surface area (Å²) >= 11 is 2.23. The van der Waals surface area contributed by atoms with Crippen molar-refractivity contribution in [3.63, 3.8) is 0 Å². The van der Waals surface area contributed by atoms with Gasteiger partial charge in [-0.05, 0) is 65.0 Å². The molecule has 3 nitrogen and oxygen atoms in total. The Bertz CT molecular complexity index is 635. The molecule has 0 aliphatic heterocycles. The first-order valence-corrected chi connectivity index (χ1v) is 7.48. The molecule has 0 amide bonds. The summed E-state index contributed by atoms with van der Waals surface area (Å²) < 4.78 is 6.89. The van der Waals surface area contributed by atoms with E-state index in [1.807, 2.05) is 42.5 Å². The average Bonchev–Trinajstić information content (AvgIpc) is 2.46. The van der Waals surface area contributed by atoms with Crippen LogP contribution < -0.4 is 10.1 Å². The highest BCUT2D eigenvalue weighted by molar-refractivity contribution is 14.1. The minimum absolute atomic E-state index is 0.555. The molecule has 0 radical (unpaired) electrons. The van der Waals surface area contributed by atoms with Crippen molar-refractivity contribution in [3.8, 4) is 17.6 Å². The summed E-state index contributed by atoms with van der Waals surface area (Å²) in [5.41, 5.74) is 1.64. The highest BCUT2D eigenvalue weighted by atomic mass is 127. The normalized spacial score (nSPS) is 10.1. The third-order valence-corrected chi connectivity index (χ3v) is 3.44. The maximum atomic E-state index is 9.25. The van der Waals surface area contributed by atoms with Crippen LogP contribution in [0.3, 0.4) is 0 Å². The fourth-order valence-corrected chi connectivity index (χ4v) is 2.30. The topological polar surface area (TPSA) is 45.0 Å². The van der Waals surface area contributed by atoms with Crippen LogP contribution in [0.1, 0.15) is 18.1 Å². The molecule has 0 saturated carbocycles. The van der Waals surface area contributed by atoms with E-state index >= 15 is 0 Å². The van der Waals surface area contributed by atoms with E-state index in [4.69, 9.17) is 4.74 Å². The Labute approximate surface area is 132 Å². The molecule has 20 heavy (non-hydrogen) atoms. The lowest BCUT2D eigenvalue weighted by Crippen LogP contribution is -2.11. The molecule has 0 heterocycles. The molecular weight excluding hydrogens is 363 g/mol. The third-order valence-electron chi connectivity index (χ3n) is 2.77. The van der Waals surface area contributed by atoms with Gasteiger partial charge < -0.3 is 10.1 Å². The molecule has 0 saturated heterocycles. The van der Waals surface area contributed by atoms with E-state index in [9.17, 15) is 5.26 Å². The molecule has 0 aliphatic rings. The van der Waals surface area contributed by atoms with Crippen LogP contribution in [0.25, 0.3) is 0 Å². The Hall–Kier alpha value is -1.58. The largest absolute Gasteiger partial charge is 0.456 e. The lowest BCUT2D eigenvalue weighted by atomic mass is 10.1. The number of nitrogens with one attached hydrogen (secondary N) is 1. The predicted molar refractivity (Wildman–Crippen MR) is 87.8 cm³/mol. The predicted octanol–water partition coefficient (Wildman–Crippen LogP) is 4.06. The molecule has 102 valence electrons. The van der Waals surface area contributed by atoms with Gasteiger partial charge in [0.25, 0.3) is 0 Å². The van der Waals surface area contributed by atoms with Gasteiger partial charge in [-0.25, -0.2) is 0 Å². The molecule has 0 unspecified atom stereocenters. The monoisotopic (exact) mass is 378 g/mol. The van der Waals surface area contributed by atoms with Crippen LogP contribution in [0.15, 0.2) is 42.5 Å². The van der Waals surface area contributed by atoms with E-state index in [1.165, 1.54) is 0 Å². The molecule has 0 aromatic heterocycles. The van der Waals surface area contributed by atoms with Crippen LogP contribution in [0.4, 0.5) is 0 Å². The van der Waals surface area contributed by atoms with E-state index in [0.717, 1.165) is 28.0 Å². The van der Waals surface area contributed by atoms with Crippen molar-refractivity contribution in [2.45, 2.75) is 13.5 Å². The third kappa shape index (κ3) is 3.95. The number of rotatable bonds is 5. The van der Waals surface area contributed by atoms with Crippen LogP contribution in [0, 0.1) is 14.9 Å². The number of ether oxygens (including phenoxy) is 1. The summed E-state index contributed by atoms with van der Waals surface area (Å²) in [4.78, 5) is 0. The minimum Gasteiger partial charge on any atom is -0.456 e. The van der Waals surface area contributed by atoms with Crippen molar-refractivity contribution in [2.24, 2.45) is 0 Å². The van der Waals surface area contributed by atoms with Crippen LogP contribution in [-0.4, -0.2) is 6.54 Å². The lowest BCUT2D eigenvalue weighted by Gasteiger charge is -2.09. The second-order valence-electron chi connectivity index (χ2n) is 4.28. The van der Waals surface area contributed by atoms with E-state index in [1.54, 1.807) is 0 Å². The fraction of sp³-hybridized carbons (Fsp3) is 0.188. The molecule has 0 spiro atoms. The Morgan fingerprint density at radius 1 is 1.25 bits per heavy atom. The molecule has 0 fully saturated rings. The first-order chi connectivity index (χ1) is 9.72. The number of nitrogens with zero attached hydrogens (tertiary/aromatic N) is 1. The van der Waals surface area contributed by atoms with E-state index in [-0.39, 0.29) is 0 Å². The van der Waals surface area contributed by atoms with E-state index < -0.39 is 0 Å². The lowest BCUT2D eigenvalue weighted by molar-refractivity contribution is 0.480. The van der Waals surface area contributed by atoms with Crippen molar-refractivity contribution in [1.29, 1.82) is 5.26 Å². The summed E-state index contributed by atoms with van der Waals surface area (Å²) in [6, 6.07) is 15.6. The highest BCUT2D eigenvalue weighted by Crippen LogP contribution is 2.26. The number of hydrogen-bond acceptors (Lipinski definition) is 3. The van der Waals surface area contributed by atoms with Gasteiger partial charge in [-0.15, -0.1) is 0 Å². The molecule has 0 aliphatic carbocycles. The molecule has 0 bridgehead atoms. The van der Waals surface area contributed by atoms with Crippen molar-refractivity contribution in [2.75, 3.05) is 6.54 Å². The average molecular weight is 378 g/mol. The summed E-state index contributed by atoms with van der Waals surface area (Å²) in [6.07, 6.45) is 0. The van der Waals surface area contributed by atoms with Crippen molar-refractivity contribution < 1.29 is 4.74 Å². The van der Waals surface area contributed by atoms with Gasteiger partial charge in [0.15, 0.2) is 0 Å². The van der Waals surface area contributed by atoms with Gasteiger partial charge in [0.2, 0.25) is 0 Å². The standard InChI is InChI=1S/C16H15IN2O/c1-2-19-11-12-6-7-16(13(8-12)10-18)20-15-5-3-4-14(17)9-15/h3-9,19H,2,11H2,1H3. The summed E-state index contributed by atoms with van der Waals surface area (Å²) in [5, 5.41) is 12.5. The van der Waals surface area contributed by atoms with E-state index in [0.29, 0.717) is 11.3 Å². The highest BCUT2D eigenvalue weighted by Gasteiger charge is 2.06. The Morgan fingerprint density at radius 3 is 2.80 bits per heavy atom. The van der Waals surface area contributed by atoms with Crippen molar-refractivity contribution >= 4 is 22.6 Å². The van der Waals surface area contributed by atoms with Gasteiger partial charge in [0.05, 0.1) is 5.56 Å². The van der Waals surface area contributed by atoms with Gasteiger partial charge >= 0.3 is 0 Å². The number of hydrogen-bond donors (Lipinski definition) is 1. The SMILES string of the molecule is CCNCc1ccc(Oc2cccc(I)c2)c(C#N)c1. The Balaban J connectivity index is 2.22. The summed E-state index contributed by atoms with van der Waals surface area (Å²) in [6.45, 7) is 3.72. The van der Waals surface area contributed by atoms with E-state index in [2.05, 4.69) is 40.9 Å². The van der Waals surface area contributed by atoms with Gasteiger partial charge in [-0.2, -0.15) is 5.26 Å². The Kier molecular flexibility index (Phi) is 5.39. The molecule has 2 aromatic rings. The molecule has 4 heteroatoms. The second kappa shape index (κ2) is 7.27. The minimum atomic E-state index is 0.555. The second-order valence-corrected chi connectivity index (χ2v) is 5.53. The first kappa shape index (κ1) is 14.8. The van der Waals surface area contributed by atoms with Gasteiger partial charge in [0.1, 0.15) is 17.6 Å². The number of nitriles is 1. The van der Waals surface area contributed by atoms with Crippen molar-refractivity contribution in [3.05, 3.63) is 57.2 Å². The van der Waals surface area contributed by atoms with Crippen LogP contribution in [0.5, 0.6) is 11.5 Å². The maximum absolute atomic E-state index is 9.25. The molecule has 1 N–H and O–H groups in total. The molecule has 2 aromatic carbocycles. The molecule has 0 atom stereocenters. The zero-order valence-corrected chi connectivity index (χ0v) is 13.3. The zero-order valence-electron chi connectivity index (χ0n) is 11.2.